The Morgan fingerprint density at radius 2 is 1.89 bits per heavy atom. The highest BCUT2D eigenvalue weighted by molar-refractivity contribution is 7.85. The molecule has 0 aliphatic carbocycles. The molecular weight excluding hydrogens is 301 g/mol. The molecule has 1 aromatic carbocycles. The lowest BCUT2D eigenvalue weighted by molar-refractivity contribution is 0.650. The van der Waals surface area contributed by atoms with E-state index in [1.165, 1.54) is 0 Å². The molecule has 0 amide bonds. The van der Waals surface area contributed by atoms with E-state index in [0.717, 1.165) is 24.1 Å². The normalized spacial score (nSPS) is 14.5. The lowest BCUT2D eigenvalue weighted by atomic mass is 10.1. The highest BCUT2D eigenvalue weighted by atomic mass is 35.5. The fourth-order valence-corrected chi connectivity index (χ4v) is 2.31. The van der Waals surface area contributed by atoms with Gasteiger partial charge < -0.3 is 0 Å². The van der Waals surface area contributed by atoms with Gasteiger partial charge in [-0.15, -0.1) is 0 Å². The van der Waals surface area contributed by atoms with Crippen LogP contribution in [0.3, 0.4) is 0 Å². The zero-order chi connectivity index (χ0) is 14.6. The van der Waals surface area contributed by atoms with Gasteiger partial charge in [0.2, 0.25) is 0 Å². The van der Waals surface area contributed by atoms with Gasteiger partial charge in [0.05, 0.1) is 14.8 Å². The van der Waals surface area contributed by atoms with Gasteiger partial charge in [-0.2, -0.15) is 4.40 Å². The molecule has 106 valence electrons. The van der Waals surface area contributed by atoms with Gasteiger partial charge in [0.1, 0.15) is 11.0 Å². The lowest BCUT2D eigenvalue weighted by Gasteiger charge is -2.14. The number of hydrogen-bond acceptors (Lipinski definition) is 1. The van der Waals surface area contributed by atoms with Crippen molar-refractivity contribution in [2.24, 2.45) is 4.40 Å². The maximum absolute atomic E-state index is 11.9. The van der Waals surface area contributed by atoms with Crippen molar-refractivity contribution in [3.63, 3.8) is 0 Å². The van der Waals surface area contributed by atoms with Crippen LogP contribution in [0.2, 0.25) is 10.0 Å². The van der Waals surface area contributed by atoms with Crippen molar-refractivity contribution < 1.29 is 4.21 Å². The second-order valence-electron chi connectivity index (χ2n) is 5.44. The van der Waals surface area contributed by atoms with Gasteiger partial charge in [-0.25, -0.2) is 4.21 Å². The fourth-order valence-electron chi connectivity index (χ4n) is 1.34. The highest BCUT2D eigenvalue weighted by Crippen LogP contribution is 2.23. The Balaban J connectivity index is 2.64. The van der Waals surface area contributed by atoms with Crippen molar-refractivity contribution in [2.45, 2.75) is 45.3 Å². The molecule has 0 aliphatic rings. The van der Waals surface area contributed by atoms with E-state index >= 15 is 0 Å². The monoisotopic (exact) mass is 319 g/mol. The van der Waals surface area contributed by atoms with E-state index in [1.54, 1.807) is 6.07 Å². The molecule has 0 N–H and O–H groups in total. The Labute approximate surface area is 127 Å². The smallest absolute Gasteiger partial charge is 0.144 e. The lowest BCUT2D eigenvalue weighted by Crippen LogP contribution is -2.20. The average Bonchev–Trinajstić information content (AvgIpc) is 2.29. The summed E-state index contributed by atoms with van der Waals surface area (Å²) in [6.45, 7) is 7.65. The number of rotatable bonds is 4. The van der Waals surface area contributed by atoms with Gasteiger partial charge in [-0.1, -0.05) is 29.3 Å². The van der Waals surface area contributed by atoms with Crippen LogP contribution in [0.25, 0.3) is 0 Å². The van der Waals surface area contributed by atoms with Crippen LogP contribution in [-0.4, -0.2) is 14.7 Å². The van der Waals surface area contributed by atoms with Gasteiger partial charge in [-0.3, -0.25) is 0 Å². The molecule has 0 unspecified atom stereocenters. The van der Waals surface area contributed by atoms with Crippen molar-refractivity contribution in [1.29, 1.82) is 0 Å². The van der Waals surface area contributed by atoms with E-state index < -0.39 is 11.0 Å². The van der Waals surface area contributed by atoms with E-state index in [2.05, 4.69) is 4.40 Å². The van der Waals surface area contributed by atoms with E-state index in [9.17, 15) is 4.21 Å². The Morgan fingerprint density at radius 3 is 2.42 bits per heavy atom. The Hall–Kier alpha value is -0.380. The van der Waals surface area contributed by atoms with E-state index in [-0.39, 0.29) is 4.75 Å². The first kappa shape index (κ1) is 16.7. The van der Waals surface area contributed by atoms with Crippen molar-refractivity contribution in [3.05, 3.63) is 33.8 Å². The number of aryl methyl sites for hydroxylation is 1. The number of benzene rings is 1. The molecule has 1 aromatic rings. The Kier molecular flexibility index (Phi) is 6.03. The second-order valence-corrected chi connectivity index (χ2v) is 8.16. The summed E-state index contributed by atoms with van der Waals surface area (Å²) >= 11 is 11.8. The Bertz CT molecular complexity index is 507. The summed E-state index contributed by atoms with van der Waals surface area (Å²) in [4.78, 5) is 0. The molecule has 0 aliphatic heterocycles. The molecule has 0 spiro atoms. The van der Waals surface area contributed by atoms with Crippen molar-refractivity contribution in [1.82, 2.24) is 0 Å². The van der Waals surface area contributed by atoms with Crippen molar-refractivity contribution in [3.8, 4) is 0 Å². The van der Waals surface area contributed by atoms with Gasteiger partial charge in [-0.05, 0) is 58.2 Å². The second kappa shape index (κ2) is 6.87. The summed E-state index contributed by atoms with van der Waals surface area (Å²) in [6, 6.07) is 5.60. The molecule has 0 heterocycles. The molecule has 19 heavy (non-hydrogen) atoms. The zero-order valence-electron chi connectivity index (χ0n) is 11.7. The van der Waals surface area contributed by atoms with Gasteiger partial charge in [0.25, 0.3) is 0 Å². The van der Waals surface area contributed by atoms with Crippen LogP contribution in [0.4, 0.5) is 0 Å². The van der Waals surface area contributed by atoms with Gasteiger partial charge in [0, 0.05) is 5.71 Å². The van der Waals surface area contributed by atoms with E-state index in [4.69, 9.17) is 23.2 Å². The average molecular weight is 320 g/mol. The quantitative estimate of drug-likeness (QED) is 0.729. The molecule has 5 heteroatoms. The third-order valence-electron chi connectivity index (χ3n) is 2.52. The SMILES string of the molecule is C/C(CCc1ccc(Cl)c(Cl)c1)=N\[S@@](=O)C(C)(C)C. The number of nitrogens with zero attached hydrogens (tertiary/aromatic N) is 1. The van der Waals surface area contributed by atoms with Gasteiger partial charge >= 0.3 is 0 Å². The number of halogens is 2. The minimum absolute atomic E-state index is 0.315. The maximum atomic E-state index is 11.9. The molecule has 0 fully saturated rings. The van der Waals surface area contributed by atoms with Crippen LogP contribution in [-0.2, 0) is 17.4 Å². The molecule has 0 aromatic heterocycles. The third kappa shape index (κ3) is 5.64. The summed E-state index contributed by atoms with van der Waals surface area (Å²) in [5.74, 6) is 0. The highest BCUT2D eigenvalue weighted by Gasteiger charge is 2.18. The topological polar surface area (TPSA) is 29.4 Å². The molecular formula is C14H19Cl2NOS. The van der Waals surface area contributed by atoms with Crippen LogP contribution in [0.5, 0.6) is 0 Å². The van der Waals surface area contributed by atoms with Gasteiger partial charge in [0.15, 0.2) is 0 Å². The van der Waals surface area contributed by atoms with Crippen LogP contribution >= 0.6 is 23.2 Å². The van der Waals surface area contributed by atoms with Crippen molar-refractivity contribution in [2.75, 3.05) is 0 Å². The summed E-state index contributed by atoms with van der Waals surface area (Å²) in [5, 5.41) is 1.12. The standard InChI is InChI=1S/C14H19Cl2NOS/c1-10(17-19(18)14(2,3)4)5-6-11-7-8-12(15)13(16)9-11/h7-9H,5-6H2,1-4H3/b17-10+/t19-/m0/s1. The van der Waals surface area contributed by atoms with E-state index in [1.807, 2.05) is 39.8 Å². The molecule has 0 bridgehead atoms. The molecule has 0 saturated carbocycles. The third-order valence-corrected chi connectivity index (χ3v) is 4.79. The summed E-state index contributed by atoms with van der Waals surface area (Å²) in [5.41, 5.74) is 1.99. The van der Waals surface area contributed by atoms with Crippen LogP contribution < -0.4 is 0 Å². The van der Waals surface area contributed by atoms with E-state index in [0.29, 0.717) is 10.0 Å². The predicted molar refractivity (Wildman–Crippen MR) is 85.8 cm³/mol. The molecule has 0 saturated heterocycles. The van der Waals surface area contributed by atoms with Crippen LogP contribution in [0.15, 0.2) is 22.6 Å². The predicted octanol–water partition coefficient (Wildman–Crippen LogP) is 4.85. The Morgan fingerprint density at radius 1 is 1.26 bits per heavy atom. The van der Waals surface area contributed by atoms with Crippen LogP contribution in [0.1, 0.15) is 39.7 Å². The summed E-state index contributed by atoms with van der Waals surface area (Å²) < 4.78 is 15.8. The van der Waals surface area contributed by atoms with Crippen LogP contribution in [0, 0.1) is 0 Å². The molecule has 0 radical (unpaired) electrons. The minimum Gasteiger partial charge on any atom is -0.234 e. The zero-order valence-corrected chi connectivity index (χ0v) is 14.0. The molecule has 2 nitrogen and oxygen atoms in total. The molecule has 1 atom stereocenters. The minimum atomic E-state index is -1.19. The summed E-state index contributed by atoms with van der Waals surface area (Å²) in [7, 11) is -1.19. The first-order valence-electron chi connectivity index (χ1n) is 6.10. The van der Waals surface area contributed by atoms with Crippen molar-refractivity contribution >= 4 is 39.9 Å². The first-order chi connectivity index (χ1) is 8.70. The largest absolute Gasteiger partial charge is 0.234 e. The molecule has 1 rings (SSSR count). The first-order valence-corrected chi connectivity index (χ1v) is 7.96. The fraction of sp³-hybridized carbons (Fsp3) is 0.500. The summed E-state index contributed by atoms with van der Waals surface area (Å²) in [6.07, 6.45) is 1.58. The maximum Gasteiger partial charge on any atom is 0.144 e. The number of hydrogen-bond donors (Lipinski definition) is 0.